The number of hydrogen-bond acceptors (Lipinski definition) is 2. The smallest absolute Gasteiger partial charge is 0.119 e. The van der Waals surface area contributed by atoms with Crippen LogP contribution in [0.5, 0.6) is 0 Å². The van der Waals surface area contributed by atoms with Gasteiger partial charge in [-0.3, -0.25) is 4.90 Å². The molecule has 1 saturated heterocycles. The molecule has 1 aliphatic rings. The summed E-state index contributed by atoms with van der Waals surface area (Å²) in [5.41, 5.74) is 2.47. The SMILES string of the molecule is C=C(OCCC)c1ccc(CN2CCCC(C)C2)cc1. The lowest BCUT2D eigenvalue weighted by atomic mass is 9.99. The molecule has 0 aliphatic carbocycles. The Balaban J connectivity index is 1.89. The molecule has 20 heavy (non-hydrogen) atoms. The summed E-state index contributed by atoms with van der Waals surface area (Å²) in [7, 11) is 0. The van der Waals surface area contributed by atoms with Crippen molar-refractivity contribution in [3.63, 3.8) is 0 Å². The Morgan fingerprint density at radius 2 is 2.10 bits per heavy atom. The maximum Gasteiger partial charge on any atom is 0.119 e. The van der Waals surface area contributed by atoms with Crippen molar-refractivity contribution in [3.05, 3.63) is 42.0 Å². The molecule has 0 amide bonds. The Bertz CT molecular complexity index is 424. The molecular formula is C18H27NO. The first-order chi connectivity index (χ1) is 9.69. The highest BCUT2D eigenvalue weighted by molar-refractivity contribution is 5.57. The van der Waals surface area contributed by atoms with Crippen LogP contribution in [0.15, 0.2) is 30.8 Å². The van der Waals surface area contributed by atoms with Gasteiger partial charge in [0.25, 0.3) is 0 Å². The van der Waals surface area contributed by atoms with Crippen LogP contribution in [0.2, 0.25) is 0 Å². The van der Waals surface area contributed by atoms with Gasteiger partial charge in [0, 0.05) is 18.7 Å². The van der Waals surface area contributed by atoms with Crippen LogP contribution in [0.1, 0.15) is 44.2 Å². The second-order valence-electron chi connectivity index (χ2n) is 5.95. The van der Waals surface area contributed by atoms with Crippen molar-refractivity contribution in [1.29, 1.82) is 0 Å². The monoisotopic (exact) mass is 273 g/mol. The van der Waals surface area contributed by atoms with E-state index in [9.17, 15) is 0 Å². The van der Waals surface area contributed by atoms with Crippen molar-refractivity contribution in [2.45, 2.75) is 39.7 Å². The van der Waals surface area contributed by atoms with E-state index >= 15 is 0 Å². The molecule has 1 aliphatic heterocycles. The van der Waals surface area contributed by atoms with Gasteiger partial charge in [-0.1, -0.05) is 44.7 Å². The third-order valence-corrected chi connectivity index (χ3v) is 3.90. The summed E-state index contributed by atoms with van der Waals surface area (Å²) < 4.78 is 5.58. The van der Waals surface area contributed by atoms with Gasteiger partial charge >= 0.3 is 0 Å². The zero-order valence-electron chi connectivity index (χ0n) is 12.9. The number of rotatable bonds is 6. The first-order valence-electron chi connectivity index (χ1n) is 7.82. The van der Waals surface area contributed by atoms with Gasteiger partial charge < -0.3 is 4.74 Å². The number of nitrogens with zero attached hydrogens (tertiary/aromatic N) is 1. The third kappa shape index (κ3) is 4.38. The molecular weight excluding hydrogens is 246 g/mol. The second kappa shape index (κ2) is 7.49. The van der Waals surface area contributed by atoms with Crippen LogP contribution >= 0.6 is 0 Å². The predicted octanol–water partition coefficient (Wildman–Crippen LogP) is 4.32. The van der Waals surface area contributed by atoms with E-state index in [2.05, 4.69) is 49.6 Å². The second-order valence-corrected chi connectivity index (χ2v) is 5.95. The highest BCUT2D eigenvalue weighted by Gasteiger charge is 2.16. The van der Waals surface area contributed by atoms with Crippen molar-refractivity contribution in [2.24, 2.45) is 5.92 Å². The Labute approximate surface area is 123 Å². The summed E-state index contributed by atoms with van der Waals surface area (Å²) in [4.78, 5) is 2.56. The average Bonchev–Trinajstić information content (AvgIpc) is 2.45. The number of piperidine rings is 1. The third-order valence-electron chi connectivity index (χ3n) is 3.90. The minimum Gasteiger partial charge on any atom is -0.494 e. The minimum atomic E-state index is 0.742. The minimum absolute atomic E-state index is 0.742. The van der Waals surface area contributed by atoms with Gasteiger partial charge in [-0.05, 0) is 37.3 Å². The van der Waals surface area contributed by atoms with E-state index in [1.165, 1.54) is 31.5 Å². The summed E-state index contributed by atoms with van der Waals surface area (Å²) >= 11 is 0. The average molecular weight is 273 g/mol. The number of benzene rings is 1. The van der Waals surface area contributed by atoms with Crippen LogP contribution < -0.4 is 0 Å². The Morgan fingerprint density at radius 1 is 1.35 bits per heavy atom. The van der Waals surface area contributed by atoms with Gasteiger partial charge in [-0.2, -0.15) is 0 Å². The van der Waals surface area contributed by atoms with Crippen molar-refractivity contribution in [3.8, 4) is 0 Å². The molecule has 0 radical (unpaired) electrons. The van der Waals surface area contributed by atoms with Crippen LogP contribution in [-0.4, -0.2) is 24.6 Å². The summed E-state index contributed by atoms with van der Waals surface area (Å²) in [6, 6.07) is 8.66. The largest absolute Gasteiger partial charge is 0.494 e. The molecule has 1 atom stereocenters. The summed E-state index contributed by atoms with van der Waals surface area (Å²) in [5, 5.41) is 0. The van der Waals surface area contributed by atoms with Gasteiger partial charge in [0.1, 0.15) is 5.76 Å². The molecule has 0 N–H and O–H groups in total. The zero-order chi connectivity index (χ0) is 14.4. The lowest BCUT2D eigenvalue weighted by molar-refractivity contribution is 0.176. The van der Waals surface area contributed by atoms with Gasteiger partial charge in [0.2, 0.25) is 0 Å². The quantitative estimate of drug-likeness (QED) is 0.716. The summed E-state index contributed by atoms with van der Waals surface area (Å²) in [6.45, 7) is 12.7. The first kappa shape index (κ1) is 15.1. The Morgan fingerprint density at radius 3 is 2.75 bits per heavy atom. The normalized spacial score (nSPS) is 19.8. The topological polar surface area (TPSA) is 12.5 Å². The maximum absolute atomic E-state index is 5.58. The molecule has 110 valence electrons. The van der Waals surface area contributed by atoms with E-state index in [0.717, 1.165) is 36.8 Å². The fourth-order valence-corrected chi connectivity index (χ4v) is 2.79. The van der Waals surface area contributed by atoms with E-state index in [4.69, 9.17) is 4.74 Å². The fourth-order valence-electron chi connectivity index (χ4n) is 2.79. The molecule has 2 heteroatoms. The van der Waals surface area contributed by atoms with Crippen molar-refractivity contribution < 1.29 is 4.74 Å². The van der Waals surface area contributed by atoms with Gasteiger partial charge in [-0.25, -0.2) is 0 Å². The standard InChI is InChI=1S/C18H27NO/c1-4-12-20-16(3)18-9-7-17(8-10-18)14-19-11-5-6-15(2)13-19/h7-10,15H,3-6,11-14H2,1-2H3. The van der Waals surface area contributed by atoms with E-state index in [-0.39, 0.29) is 0 Å². The van der Waals surface area contributed by atoms with E-state index in [1.807, 2.05) is 0 Å². The molecule has 2 rings (SSSR count). The van der Waals surface area contributed by atoms with Crippen LogP contribution in [0, 0.1) is 5.92 Å². The molecule has 0 aromatic heterocycles. The summed E-state index contributed by atoms with van der Waals surface area (Å²) in [5.74, 6) is 1.62. The first-order valence-corrected chi connectivity index (χ1v) is 7.82. The molecule has 1 heterocycles. The fraction of sp³-hybridized carbons (Fsp3) is 0.556. The molecule has 1 aromatic carbocycles. The number of hydrogen-bond donors (Lipinski definition) is 0. The van der Waals surface area contributed by atoms with Crippen molar-refractivity contribution in [2.75, 3.05) is 19.7 Å². The highest BCUT2D eigenvalue weighted by atomic mass is 16.5. The predicted molar refractivity (Wildman–Crippen MR) is 85.4 cm³/mol. The highest BCUT2D eigenvalue weighted by Crippen LogP contribution is 2.19. The molecule has 1 aromatic rings. The molecule has 2 nitrogen and oxygen atoms in total. The molecule has 0 spiro atoms. The molecule has 1 unspecified atom stereocenters. The van der Waals surface area contributed by atoms with Gasteiger partial charge in [0.05, 0.1) is 6.61 Å². The maximum atomic E-state index is 5.58. The number of likely N-dealkylation sites (tertiary alicyclic amines) is 1. The van der Waals surface area contributed by atoms with Crippen molar-refractivity contribution >= 4 is 5.76 Å². The van der Waals surface area contributed by atoms with E-state index in [0.29, 0.717) is 0 Å². The lowest BCUT2D eigenvalue weighted by Crippen LogP contribution is -2.33. The Hall–Kier alpha value is -1.28. The van der Waals surface area contributed by atoms with Crippen LogP contribution in [0.25, 0.3) is 5.76 Å². The van der Waals surface area contributed by atoms with Crippen LogP contribution in [-0.2, 0) is 11.3 Å². The van der Waals surface area contributed by atoms with Crippen LogP contribution in [0.4, 0.5) is 0 Å². The molecule has 1 fully saturated rings. The van der Waals surface area contributed by atoms with Gasteiger partial charge in [0.15, 0.2) is 0 Å². The molecule has 0 bridgehead atoms. The van der Waals surface area contributed by atoms with Crippen LogP contribution in [0.3, 0.4) is 0 Å². The Kier molecular flexibility index (Phi) is 5.66. The van der Waals surface area contributed by atoms with Gasteiger partial charge in [-0.15, -0.1) is 0 Å². The van der Waals surface area contributed by atoms with E-state index in [1.54, 1.807) is 0 Å². The molecule has 0 saturated carbocycles. The number of ether oxygens (including phenoxy) is 1. The summed E-state index contributed by atoms with van der Waals surface area (Å²) in [6.07, 6.45) is 3.73. The van der Waals surface area contributed by atoms with Crippen molar-refractivity contribution in [1.82, 2.24) is 4.90 Å². The lowest BCUT2D eigenvalue weighted by Gasteiger charge is -2.30. The zero-order valence-corrected chi connectivity index (χ0v) is 12.9. The van der Waals surface area contributed by atoms with E-state index < -0.39 is 0 Å².